The lowest BCUT2D eigenvalue weighted by molar-refractivity contribution is 1.70. The van der Waals surface area contributed by atoms with Gasteiger partial charge in [-0.05, 0) is 6.07 Å². The average Bonchev–Trinajstić information content (AvgIpc) is 1.93. The van der Waals surface area contributed by atoms with Crippen LogP contribution in [0.25, 0.3) is 0 Å². The maximum Gasteiger partial charge on any atom is 0.425 e. The van der Waals surface area contributed by atoms with Crippen LogP contribution in [-0.4, -0.2) is 8.65 Å². The molecule has 0 saturated carbocycles. The molecule has 1 aromatic carbocycles. The van der Waals surface area contributed by atoms with Crippen LogP contribution < -0.4 is 0 Å². The number of halogens is 2. The molecule has 1 radical (unpaired) electrons. The van der Waals surface area contributed by atoms with Gasteiger partial charge in [0.2, 0.25) is 0 Å². The van der Waals surface area contributed by atoms with E-state index < -0.39 is 0 Å². The van der Waals surface area contributed by atoms with Crippen molar-refractivity contribution in [2.75, 3.05) is 0 Å². The molecule has 0 amide bonds. The Kier molecular flexibility index (Phi) is 10.5. The predicted molar refractivity (Wildman–Crippen MR) is 60.5 cm³/mol. The summed E-state index contributed by atoms with van der Waals surface area (Å²) in [5.41, 5.74) is 0. The van der Waals surface area contributed by atoms with Gasteiger partial charge in [-0.1, -0.05) is 30.3 Å². The topological polar surface area (TPSA) is 0 Å². The van der Waals surface area contributed by atoms with Gasteiger partial charge in [0.15, 0.2) is 0 Å². The van der Waals surface area contributed by atoms with Crippen molar-refractivity contribution in [3.05, 3.63) is 36.4 Å². The molecule has 0 fully saturated rings. The number of hydrogen-bond donors (Lipinski definition) is 0. The van der Waals surface area contributed by atoms with Crippen LogP contribution >= 0.6 is 40.5 Å². The fourth-order valence-electron chi connectivity index (χ4n) is 0.342. The van der Waals surface area contributed by atoms with Crippen LogP contribution in [-0.2, 0) is 0 Å². The highest BCUT2D eigenvalue weighted by Gasteiger charge is 1.58. The summed E-state index contributed by atoms with van der Waals surface area (Å²) in [5.74, 6) is 0. The first kappa shape index (κ1) is 10.2. The molecule has 0 bridgehead atoms. The zero-order valence-corrected chi connectivity index (χ0v) is 10.6. The van der Waals surface area contributed by atoms with Gasteiger partial charge in [0.05, 0.1) is 0 Å². The molecule has 0 saturated heterocycles. The molecule has 0 N–H and O–H groups in total. The summed E-state index contributed by atoms with van der Waals surface area (Å²) in [6.45, 7) is 0. The van der Waals surface area contributed by atoms with Crippen LogP contribution in [0.5, 0.6) is 0 Å². The van der Waals surface area contributed by atoms with Gasteiger partial charge in [-0.15, -0.1) is 0 Å². The van der Waals surface area contributed by atoms with Gasteiger partial charge in [-0.2, -0.15) is 40.5 Å². The lowest BCUT2D eigenvalue weighted by Crippen LogP contribution is -1.49. The van der Waals surface area contributed by atoms with E-state index in [1.165, 1.54) is 0 Å². The van der Waals surface area contributed by atoms with E-state index in [4.69, 9.17) is 0 Å². The Morgan fingerprint density at radius 1 is 1.00 bits per heavy atom. The third-order valence-electron chi connectivity index (χ3n) is 0.607. The molecule has 1 rings (SSSR count). The monoisotopic (exact) mass is 359 g/mol. The van der Waals surface area contributed by atoms with Gasteiger partial charge in [-0.25, -0.2) is 0 Å². The summed E-state index contributed by atoms with van der Waals surface area (Å²) in [7, 11) is 0.357. The maximum atomic E-state index is 2.89. The van der Waals surface area contributed by atoms with Gasteiger partial charge in [0.1, 0.15) is 0 Å². The highest BCUT2D eigenvalue weighted by atomic mass is 127. The predicted octanol–water partition coefficient (Wildman–Crippen LogP) is 2.61. The Balaban J connectivity index is 0.000000187. The Morgan fingerprint density at radius 2 is 1.44 bits per heavy atom. The molecular weight excluding hydrogens is 353 g/mol. The lowest BCUT2D eigenvalue weighted by Gasteiger charge is -1.68. The summed E-state index contributed by atoms with van der Waals surface area (Å²) in [4.78, 5) is 0. The summed E-state index contributed by atoms with van der Waals surface area (Å²) in [6.07, 6.45) is 0. The van der Waals surface area contributed by atoms with Crippen LogP contribution in [0.3, 0.4) is 0 Å². The van der Waals surface area contributed by atoms with Crippen molar-refractivity contribution >= 4 is 49.2 Å². The highest BCUT2D eigenvalue weighted by Crippen LogP contribution is 1.80. The Hall–Kier alpha value is 1.21. The number of hydrogen-bond acceptors (Lipinski definition) is 0. The molecule has 0 aliphatic rings. The van der Waals surface area contributed by atoms with Crippen LogP contribution in [0.2, 0.25) is 0 Å². The maximum absolute atomic E-state index is 2.89. The smallest absolute Gasteiger partial charge is 0.197 e. The van der Waals surface area contributed by atoms with E-state index in [1.807, 2.05) is 30.3 Å². The van der Waals surface area contributed by atoms with Gasteiger partial charge < -0.3 is 0 Å². The van der Waals surface area contributed by atoms with E-state index in [9.17, 15) is 0 Å². The van der Waals surface area contributed by atoms with Crippen molar-refractivity contribution in [1.29, 1.82) is 0 Å². The van der Waals surface area contributed by atoms with Crippen LogP contribution in [0, 0.1) is 6.07 Å². The van der Waals surface area contributed by atoms with Crippen molar-refractivity contribution in [3.63, 3.8) is 0 Å². The quantitative estimate of drug-likeness (QED) is 0.494. The highest BCUT2D eigenvalue weighted by molar-refractivity contribution is 14.3. The summed E-state index contributed by atoms with van der Waals surface area (Å²) >= 11 is 4.83. The molecule has 0 aliphatic carbocycles. The molecular formula is C6H6AlI2. The van der Waals surface area contributed by atoms with Crippen LogP contribution in [0.15, 0.2) is 30.3 Å². The number of rotatable bonds is 0. The van der Waals surface area contributed by atoms with Gasteiger partial charge in [0.25, 0.3) is 0 Å². The second-order valence-electron chi connectivity index (χ2n) is 1.18. The second-order valence-corrected chi connectivity index (χ2v) is 14.7. The van der Waals surface area contributed by atoms with Crippen molar-refractivity contribution in [1.82, 2.24) is 0 Å². The fraction of sp³-hybridized carbons (Fsp3) is 0. The molecule has 0 aliphatic heterocycles. The van der Waals surface area contributed by atoms with Crippen molar-refractivity contribution in [2.24, 2.45) is 0 Å². The molecule has 0 spiro atoms. The number of benzene rings is 1. The van der Waals surface area contributed by atoms with Crippen LogP contribution in [0.1, 0.15) is 0 Å². The lowest BCUT2D eigenvalue weighted by atomic mass is 10.4. The van der Waals surface area contributed by atoms with Gasteiger partial charge in [-0.3, -0.25) is 0 Å². The molecule has 1 aromatic rings. The molecule has 0 aromatic heterocycles. The zero-order valence-electron chi connectivity index (χ0n) is 4.85. The van der Waals surface area contributed by atoms with E-state index in [-0.39, 0.29) is 0 Å². The largest absolute Gasteiger partial charge is 0.425 e. The van der Waals surface area contributed by atoms with Crippen molar-refractivity contribution in [3.8, 4) is 0 Å². The Morgan fingerprint density at radius 3 is 1.56 bits per heavy atom. The average molecular weight is 359 g/mol. The summed E-state index contributed by atoms with van der Waals surface area (Å²) in [5, 5.41) is 0. The first-order chi connectivity index (χ1) is 4.41. The SMILES string of the molecule is [I][AlH][I].[c]1ccccc1. The fourth-order valence-corrected chi connectivity index (χ4v) is 0.342. The third kappa shape index (κ3) is 9.21. The van der Waals surface area contributed by atoms with E-state index in [2.05, 4.69) is 46.6 Å². The van der Waals surface area contributed by atoms with E-state index in [0.717, 1.165) is 0 Å². The zero-order chi connectivity index (χ0) is 6.95. The minimum atomic E-state index is 0.357. The Labute approximate surface area is 84.5 Å². The molecule has 9 heavy (non-hydrogen) atoms. The molecule has 47 valence electrons. The van der Waals surface area contributed by atoms with E-state index in [0.29, 0.717) is 8.65 Å². The van der Waals surface area contributed by atoms with E-state index in [1.54, 1.807) is 0 Å². The van der Waals surface area contributed by atoms with Crippen molar-refractivity contribution < 1.29 is 0 Å². The molecule has 0 nitrogen and oxygen atoms in total. The Bertz CT molecular complexity index is 93.9. The van der Waals surface area contributed by atoms with Gasteiger partial charge in [0, 0.05) is 0 Å². The third-order valence-corrected chi connectivity index (χ3v) is 0.607. The second kappa shape index (κ2) is 9.21. The minimum Gasteiger partial charge on any atom is -0.197 e. The first-order valence-electron chi connectivity index (χ1n) is 2.45. The summed E-state index contributed by atoms with van der Waals surface area (Å²) < 4.78 is 0. The molecule has 0 atom stereocenters. The summed E-state index contributed by atoms with van der Waals surface area (Å²) in [6, 6.07) is 12.5. The normalized spacial score (nSPS) is 6.89. The van der Waals surface area contributed by atoms with E-state index >= 15 is 0 Å². The molecule has 3 heteroatoms. The first-order valence-corrected chi connectivity index (χ1v) is 12.7. The van der Waals surface area contributed by atoms with Crippen LogP contribution in [0.4, 0.5) is 0 Å². The van der Waals surface area contributed by atoms with Crippen molar-refractivity contribution in [2.45, 2.75) is 0 Å². The van der Waals surface area contributed by atoms with Gasteiger partial charge >= 0.3 is 8.65 Å². The standard InChI is InChI=1S/C6H5.Al.2HI.H/c1-2-4-6-5-3-1;;;;/h1-5H;;2*1H;/q;+2;;;/p-2. The molecule has 0 heterocycles. The molecule has 0 unspecified atom stereocenters. The minimum absolute atomic E-state index is 0.357.